The third-order valence-electron chi connectivity index (χ3n) is 25.1. The van der Waals surface area contributed by atoms with Crippen LogP contribution < -0.4 is 58.6 Å². The average molecular weight is 1910 g/mol. The summed E-state index contributed by atoms with van der Waals surface area (Å²) in [4.78, 5) is 89.9. The third kappa shape index (κ3) is 25.6. The first-order valence-electron chi connectivity index (χ1n) is 48.3. The van der Waals surface area contributed by atoms with Gasteiger partial charge in [0.2, 0.25) is 17.7 Å². The van der Waals surface area contributed by atoms with E-state index >= 15 is 0 Å². The highest BCUT2D eigenvalue weighted by Crippen LogP contribution is 2.40. The summed E-state index contributed by atoms with van der Waals surface area (Å²) < 4.78 is 30.0. The Hall–Kier alpha value is -14.9. The Balaban J connectivity index is 0.000000150. The van der Waals surface area contributed by atoms with Crippen molar-refractivity contribution in [3.05, 3.63) is 234 Å². The van der Waals surface area contributed by atoms with Gasteiger partial charge >= 0.3 is 0 Å². The lowest BCUT2D eigenvalue weighted by atomic mass is 10.1. The van der Waals surface area contributed by atoms with Crippen molar-refractivity contribution in [2.45, 2.75) is 184 Å². The molecular formula is C107H132N26O8. The predicted molar refractivity (Wildman–Crippen MR) is 555 cm³/mol. The van der Waals surface area contributed by atoms with Crippen LogP contribution in [-0.4, -0.2) is 193 Å². The quantitative estimate of drug-likeness (QED) is 0.0171. The maximum Gasteiger partial charge on any atom is 0.251 e. The number of carbonyl (C=O) groups is 4. The van der Waals surface area contributed by atoms with Gasteiger partial charge in [-0.15, -0.1) is 0 Å². The van der Waals surface area contributed by atoms with Crippen molar-refractivity contribution >= 4 is 96.7 Å². The van der Waals surface area contributed by atoms with Crippen molar-refractivity contribution < 1.29 is 38.1 Å². The maximum atomic E-state index is 12.9. The molecule has 34 nitrogen and oxygen atoms in total. The minimum absolute atomic E-state index is 0.0225. The van der Waals surface area contributed by atoms with Crippen molar-refractivity contribution in [2.24, 2.45) is 0 Å². The normalized spacial score (nSPS) is 12.8. The van der Waals surface area contributed by atoms with Crippen LogP contribution in [0.3, 0.4) is 0 Å². The molecule has 4 amide bonds. The van der Waals surface area contributed by atoms with Crippen LogP contribution in [0.15, 0.2) is 195 Å². The lowest BCUT2D eigenvalue weighted by molar-refractivity contribution is -0.122. The van der Waals surface area contributed by atoms with Gasteiger partial charge in [-0.2, -0.15) is 20.4 Å². The lowest BCUT2D eigenvalue weighted by Crippen LogP contribution is -2.42. The summed E-state index contributed by atoms with van der Waals surface area (Å²) in [5.41, 5.74) is 40.6. The minimum Gasteiger partial charge on any atom is -0.486 e. The monoisotopic (exact) mass is 1910 g/mol. The van der Waals surface area contributed by atoms with Gasteiger partial charge in [0.25, 0.3) is 5.91 Å². The highest BCUT2D eigenvalue weighted by Gasteiger charge is 2.34. The van der Waals surface area contributed by atoms with E-state index in [4.69, 9.17) is 62.3 Å². The van der Waals surface area contributed by atoms with Gasteiger partial charge in [0.05, 0.1) is 56.9 Å². The molecule has 10 heterocycles. The highest BCUT2D eigenvalue weighted by atomic mass is 16.6. The fourth-order valence-electron chi connectivity index (χ4n) is 16.8. The Bertz CT molecular complexity index is 6770. The smallest absolute Gasteiger partial charge is 0.251 e. The van der Waals surface area contributed by atoms with Crippen LogP contribution >= 0.6 is 0 Å². The molecule has 2 aliphatic rings. The number of anilines is 5. The summed E-state index contributed by atoms with van der Waals surface area (Å²) in [5, 5.41) is 34.7. The molecule has 0 radical (unpaired) electrons. The van der Waals surface area contributed by atoms with Crippen LogP contribution in [0.1, 0.15) is 164 Å². The molecule has 0 aliphatic carbocycles. The zero-order valence-electron chi connectivity index (χ0n) is 83.4. The Morgan fingerprint density at radius 1 is 0.390 bits per heavy atom. The molecule has 0 saturated carbocycles. The van der Waals surface area contributed by atoms with E-state index in [0.717, 1.165) is 128 Å². The molecule has 1 fully saturated rings. The number of amides is 4. The molecule has 141 heavy (non-hydrogen) atoms. The average Bonchev–Trinajstić information content (AvgIpc) is 1.62. The number of nitrogen functional groups attached to an aromatic ring is 4. The molecule has 17 rings (SSSR count). The van der Waals surface area contributed by atoms with Gasteiger partial charge in [-0.3, -0.25) is 19.2 Å². The van der Waals surface area contributed by atoms with Gasteiger partial charge in [0.15, 0.2) is 34.1 Å². The van der Waals surface area contributed by atoms with E-state index in [1.165, 1.54) is 50.1 Å². The summed E-state index contributed by atoms with van der Waals surface area (Å²) in [6, 6.07) is 56.0. The van der Waals surface area contributed by atoms with Crippen LogP contribution in [0.2, 0.25) is 0 Å². The molecule has 1 saturated heterocycles. The molecule has 0 bridgehead atoms. The zero-order valence-corrected chi connectivity index (χ0v) is 83.4. The van der Waals surface area contributed by atoms with Crippen molar-refractivity contribution in [3.63, 3.8) is 0 Å². The van der Waals surface area contributed by atoms with E-state index in [0.29, 0.717) is 166 Å². The van der Waals surface area contributed by atoms with E-state index in [1.807, 2.05) is 265 Å². The van der Waals surface area contributed by atoms with E-state index in [9.17, 15) is 19.2 Å². The number of hydrogen-bond donors (Lipinski definition) is 8. The van der Waals surface area contributed by atoms with E-state index in [2.05, 4.69) is 91.7 Å². The van der Waals surface area contributed by atoms with Crippen LogP contribution in [0.4, 0.5) is 29.0 Å². The number of ether oxygens (including phenoxy) is 4. The summed E-state index contributed by atoms with van der Waals surface area (Å²) in [5.74, 6) is 2.90. The Morgan fingerprint density at radius 3 is 1.09 bits per heavy atom. The SMILES string of the molecule is CCN(CC)c1ccc(C(=O)NCC(C)(C)n2nc(-c3ccc(C)cc3)c3c(N)ncnc32)cc1.Cc1ccc(-c2nn(C(C)(C)CNC(=O)CCCOCc3ccc4c(c3)OCCO4)c3ncnc(N)c23)cc1.Cc1ccc(-c2nn(C(C)(C)CNC(=O)CCCOCc3ccccc3)c3ncnc(N)c23)cc1.Cc1ccc(-c2nn(C(C)(C)CNC(=O)CCN3CCCCC3)c3ncnc(N)c23)cc1. The second-order valence-electron chi connectivity index (χ2n) is 38.2. The number of aryl methyl sites for hydroxylation is 4. The number of benzene rings is 7. The van der Waals surface area contributed by atoms with Gasteiger partial charge in [-0.25, -0.2) is 58.6 Å². The van der Waals surface area contributed by atoms with Crippen molar-refractivity contribution in [1.29, 1.82) is 0 Å². The number of nitrogens with zero attached hydrogens (tertiary/aromatic N) is 18. The molecule has 12 N–H and O–H groups in total. The molecule has 0 spiro atoms. The molecule has 0 unspecified atom stereocenters. The van der Waals surface area contributed by atoms with Crippen LogP contribution in [0, 0.1) is 27.7 Å². The third-order valence-corrected chi connectivity index (χ3v) is 25.1. The number of nitrogens with one attached hydrogen (secondary N) is 4. The number of aromatic nitrogens is 16. The molecule has 0 atom stereocenters. The first-order valence-corrected chi connectivity index (χ1v) is 48.3. The Morgan fingerprint density at radius 2 is 0.730 bits per heavy atom. The standard InChI is InChI=1S/C29H34N6O4.C27H33N7O.C27H32N6O2.C24H33N7O/c1-19-6-9-21(10-7-19)26-25-27(30)32-18-33-28(25)35(34-26)29(2,3)17-31-24(36)5-4-12-37-16-20-8-11-22-23(15-20)39-14-13-38-22;1-6-33(7-2)21-14-12-20(13-15-21)26(35)29-16-27(4,5)34-25-22(24(28)30-17-31-25)23(32-34)19-10-8-18(3)9-11-19;1-19-11-13-21(14-12-19)24-23-25(28)30-18-31-26(23)33(32-24)27(2,3)17-29-22(34)10-7-15-35-16-20-8-5-4-6-9-20;1-17-7-9-18(10-8-17)21-20-22(25)27-16-28-23(20)31(29-21)24(2,3)15-26-19(32)11-14-30-12-5-4-6-13-30/h6-11,15,18H,4-5,12-14,16-17H2,1-3H3,(H,31,36)(H2,30,32,33);8-15,17H,6-7,16H2,1-5H3,(H,29,35)(H2,28,30,31);4-6,8-9,11-14,18H,7,10,15-17H2,1-3H3,(H,29,34)(H2,28,30,31);7-10,16H,4-6,11-15H2,1-3H3,(H,26,32)(H2,25,27,28). The van der Waals surface area contributed by atoms with Crippen molar-refractivity contribution in [2.75, 3.05) is 113 Å². The summed E-state index contributed by atoms with van der Waals surface area (Å²) in [7, 11) is 0. The first-order chi connectivity index (χ1) is 67.8. The summed E-state index contributed by atoms with van der Waals surface area (Å²) in [6.07, 6.45) is 12.1. The van der Waals surface area contributed by atoms with E-state index in [-0.39, 0.29) is 23.6 Å². The van der Waals surface area contributed by atoms with Crippen molar-refractivity contribution in [1.82, 2.24) is 105 Å². The second kappa shape index (κ2) is 46.3. The maximum absolute atomic E-state index is 12.9. The molecule has 15 aromatic rings. The van der Waals surface area contributed by atoms with Crippen LogP contribution in [-0.2, 0) is 59.2 Å². The molecular weight excluding hydrogens is 1780 g/mol. The molecule has 2 aliphatic heterocycles. The zero-order chi connectivity index (χ0) is 100. The first kappa shape index (κ1) is 102. The lowest BCUT2D eigenvalue weighted by Gasteiger charge is -2.28. The minimum atomic E-state index is -0.571. The van der Waals surface area contributed by atoms with E-state index in [1.54, 1.807) is 0 Å². The molecule has 7 aromatic carbocycles. The number of piperidine rings is 1. The summed E-state index contributed by atoms with van der Waals surface area (Å²) >= 11 is 0. The fourth-order valence-corrected chi connectivity index (χ4v) is 16.8. The largest absolute Gasteiger partial charge is 0.486 e. The predicted octanol–water partition coefficient (Wildman–Crippen LogP) is 15.7. The number of likely N-dealkylation sites (tertiary alicyclic amines) is 1. The Kier molecular flexibility index (Phi) is 33.5. The van der Waals surface area contributed by atoms with Crippen molar-refractivity contribution in [3.8, 4) is 56.5 Å². The Labute approximate surface area is 823 Å². The number of hydrogen-bond acceptors (Lipinski definition) is 26. The number of carbonyl (C=O) groups excluding carboxylic acids is 4. The molecule has 8 aromatic heterocycles. The number of rotatable bonds is 35. The van der Waals surface area contributed by atoms with Gasteiger partial charge < -0.3 is 72.9 Å². The molecule has 34 heteroatoms. The van der Waals surface area contributed by atoms with E-state index < -0.39 is 22.2 Å². The van der Waals surface area contributed by atoms with Gasteiger partial charge in [-0.05, 0) is 183 Å². The number of nitrogens with two attached hydrogens (primary N) is 4. The van der Waals surface area contributed by atoms with Gasteiger partial charge in [0, 0.05) is 112 Å². The van der Waals surface area contributed by atoms with Crippen LogP contribution in [0.5, 0.6) is 11.5 Å². The second-order valence-corrected chi connectivity index (χ2v) is 38.2. The number of fused-ring (bicyclic) bond motifs is 5. The van der Waals surface area contributed by atoms with Crippen LogP contribution in [0.25, 0.3) is 89.2 Å². The fraction of sp³-hybridized carbons (Fsp3) is 0.383. The highest BCUT2D eigenvalue weighted by molar-refractivity contribution is 6.02. The molecule has 738 valence electrons. The van der Waals surface area contributed by atoms with Gasteiger partial charge in [0.1, 0.15) is 84.6 Å². The van der Waals surface area contributed by atoms with Gasteiger partial charge in [-0.1, -0.05) is 162 Å². The summed E-state index contributed by atoms with van der Waals surface area (Å²) in [6.45, 7) is 38.1. The topological polar surface area (TPSA) is 438 Å².